The third-order valence-electron chi connectivity index (χ3n) is 4.64. The van der Waals surface area contributed by atoms with Crippen molar-refractivity contribution in [3.8, 4) is 11.3 Å². The molecule has 2 aromatic rings. The van der Waals surface area contributed by atoms with Crippen LogP contribution in [0, 0.1) is 0 Å². The van der Waals surface area contributed by atoms with Gasteiger partial charge in [-0.1, -0.05) is 30.3 Å². The molecule has 0 bridgehead atoms. The number of nitrogens with one attached hydrogen (secondary N) is 1. The molecule has 0 aliphatic carbocycles. The van der Waals surface area contributed by atoms with E-state index in [4.69, 9.17) is 9.72 Å². The van der Waals surface area contributed by atoms with Crippen LogP contribution in [0.5, 0.6) is 0 Å². The zero-order chi connectivity index (χ0) is 19.3. The van der Waals surface area contributed by atoms with Crippen molar-refractivity contribution in [3.63, 3.8) is 0 Å². The third-order valence-corrected chi connectivity index (χ3v) is 6.39. The predicted molar refractivity (Wildman–Crippen MR) is 108 cm³/mol. The Morgan fingerprint density at radius 3 is 2.67 bits per heavy atom. The maximum Gasteiger partial charge on any atom is 0.228 e. The number of ether oxygens (including phenoxy) is 1. The summed E-state index contributed by atoms with van der Waals surface area (Å²) in [4.78, 5) is 11.4. The number of nitrogens with zero attached hydrogens (tertiary/aromatic N) is 3. The van der Waals surface area contributed by atoms with Crippen LogP contribution in [-0.4, -0.2) is 62.7 Å². The van der Waals surface area contributed by atoms with Crippen LogP contribution in [0.25, 0.3) is 11.3 Å². The van der Waals surface area contributed by atoms with Crippen LogP contribution in [0.4, 0.5) is 11.8 Å². The summed E-state index contributed by atoms with van der Waals surface area (Å²) >= 11 is 0. The van der Waals surface area contributed by atoms with Gasteiger partial charge in [0.2, 0.25) is 5.95 Å². The number of aromatic nitrogens is 2. The van der Waals surface area contributed by atoms with Crippen LogP contribution in [0.3, 0.4) is 0 Å². The molecule has 2 heterocycles. The quantitative estimate of drug-likeness (QED) is 0.692. The molecule has 0 spiro atoms. The molecule has 8 heteroatoms. The first-order valence-corrected chi connectivity index (χ1v) is 11.0. The number of hydrogen-bond acceptors (Lipinski definition) is 7. The van der Waals surface area contributed by atoms with Crippen LogP contribution in [0.2, 0.25) is 0 Å². The second-order valence-electron chi connectivity index (χ2n) is 6.57. The monoisotopic (exact) mass is 390 g/mol. The molecule has 27 heavy (non-hydrogen) atoms. The van der Waals surface area contributed by atoms with Crippen LogP contribution in [-0.2, 0) is 14.6 Å². The van der Waals surface area contributed by atoms with Gasteiger partial charge in [0, 0.05) is 37.9 Å². The van der Waals surface area contributed by atoms with E-state index in [0.717, 1.165) is 11.3 Å². The summed E-state index contributed by atoms with van der Waals surface area (Å²) in [6, 6.07) is 11.7. The number of methoxy groups -OCH3 is 1. The SMILES string of the molecule is CCN(c1nc(NCCOC)cc(-c2ccccc2)n1)C1CCS(=O)(=O)C1. The molecule has 146 valence electrons. The Morgan fingerprint density at radius 2 is 2.04 bits per heavy atom. The second-order valence-corrected chi connectivity index (χ2v) is 8.80. The number of hydrogen-bond donors (Lipinski definition) is 1. The lowest BCUT2D eigenvalue weighted by molar-refractivity contribution is 0.210. The molecule has 7 nitrogen and oxygen atoms in total. The van der Waals surface area contributed by atoms with E-state index in [1.165, 1.54) is 0 Å². The van der Waals surface area contributed by atoms with Gasteiger partial charge >= 0.3 is 0 Å². The van der Waals surface area contributed by atoms with E-state index in [9.17, 15) is 8.42 Å². The Kier molecular flexibility index (Phi) is 6.28. The molecule has 1 saturated heterocycles. The lowest BCUT2D eigenvalue weighted by Crippen LogP contribution is -2.37. The van der Waals surface area contributed by atoms with Crippen molar-refractivity contribution >= 4 is 21.6 Å². The topological polar surface area (TPSA) is 84.4 Å². The zero-order valence-electron chi connectivity index (χ0n) is 15.8. The fraction of sp³-hybridized carbons (Fsp3) is 0.474. The molecule has 0 amide bonds. The van der Waals surface area contributed by atoms with Gasteiger partial charge in [0.25, 0.3) is 0 Å². The van der Waals surface area contributed by atoms with Crippen molar-refractivity contribution in [1.29, 1.82) is 0 Å². The minimum absolute atomic E-state index is 0.0853. The van der Waals surface area contributed by atoms with Gasteiger partial charge in [0.05, 0.1) is 23.8 Å². The molecule has 3 rings (SSSR count). The molecule has 1 aliphatic rings. The van der Waals surface area contributed by atoms with E-state index >= 15 is 0 Å². The number of sulfone groups is 1. The van der Waals surface area contributed by atoms with Crippen molar-refractivity contribution < 1.29 is 13.2 Å². The Labute approximate surface area is 160 Å². The first-order chi connectivity index (χ1) is 13.0. The molecule has 1 fully saturated rings. The predicted octanol–water partition coefficient (Wildman–Crippen LogP) is 2.22. The molecular formula is C19H26N4O3S. The summed E-state index contributed by atoms with van der Waals surface area (Å²) in [6.45, 7) is 3.85. The van der Waals surface area contributed by atoms with Crippen LogP contribution in [0.1, 0.15) is 13.3 Å². The minimum atomic E-state index is -2.98. The van der Waals surface area contributed by atoms with Gasteiger partial charge in [-0.2, -0.15) is 4.98 Å². The Bertz CT molecular complexity index is 859. The van der Waals surface area contributed by atoms with Crippen molar-refractivity contribution in [2.45, 2.75) is 19.4 Å². The highest BCUT2D eigenvalue weighted by atomic mass is 32.2. The first-order valence-electron chi connectivity index (χ1n) is 9.17. The molecule has 1 unspecified atom stereocenters. The maximum absolute atomic E-state index is 11.9. The standard InChI is InChI=1S/C19H26N4O3S/c1-3-23(16-9-12-27(24,25)14-16)19-21-17(15-7-5-4-6-8-15)13-18(22-19)20-10-11-26-2/h4-8,13,16H,3,9-12,14H2,1-2H3,(H,20,21,22). The van der Waals surface area contributed by atoms with Gasteiger partial charge < -0.3 is 15.0 Å². The molecule has 0 radical (unpaired) electrons. The lowest BCUT2D eigenvalue weighted by Gasteiger charge is -2.27. The van der Waals surface area contributed by atoms with Crippen molar-refractivity contribution in [1.82, 2.24) is 9.97 Å². The fourth-order valence-electron chi connectivity index (χ4n) is 3.28. The Morgan fingerprint density at radius 1 is 1.26 bits per heavy atom. The van der Waals surface area contributed by atoms with Crippen LogP contribution < -0.4 is 10.2 Å². The summed E-state index contributed by atoms with van der Waals surface area (Å²) in [5.41, 5.74) is 1.80. The maximum atomic E-state index is 11.9. The molecular weight excluding hydrogens is 364 g/mol. The summed E-state index contributed by atoms with van der Waals surface area (Å²) in [5, 5.41) is 3.26. The second kappa shape index (κ2) is 8.67. The highest BCUT2D eigenvalue weighted by molar-refractivity contribution is 7.91. The fourth-order valence-corrected chi connectivity index (χ4v) is 5.01. The number of anilines is 2. The largest absolute Gasteiger partial charge is 0.383 e. The van der Waals surface area contributed by atoms with E-state index in [1.807, 2.05) is 48.2 Å². The Balaban J connectivity index is 1.95. The number of rotatable bonds is 8. The number of benzene rings is 1. The summed E-state index contributed by atoms with van der Waals surface area (Å²) < 4.78 is 29.0. The molecule has 1 aromatic heterocycles. The van der Waals surface area contributed by atoms with Gasteiger partial charge in [-0.25, -0.2) is 13.4 Å². The van der Waals surface area contributed by atoms with Gasteiger partial charge in [-0.15, -0.1) is 0 Å². The van der Waals surface area contributed by atoms with E-state index in [-0.39, 0.29) is 17.5 Å². The zero-order valence-corrected chi connectivity index (χ0v) is 16.6. The highest BCUT2D eigenvalue weighted by Crippen LogP contribution is 2.26. The highest BCUT2D eigenvalue weighted by Gasteiger charge is 2.33. The minimum Gasteiger partial charge on any atom is -0.383 e. The average Bonchev–Trinajstić information content (AvgIpc) is 3.03. The van der Waals surface area contributed by atoms with Crippen LogP contribution in [0.15, 0.2) is 36.4 Å². The molecule has 1 aliphatic heterocycles. The van der Waals surface area contributed by atoms with Gasteiger partial charge in [0.1, 0.15) is 5.82 Å². The summed E-state index contributed by atoms with van der Waals surface area (Å²) in [7, 11) is -1.32. The molecule has 1 N–H and O–H groups in total. The summed E-state index contributed by atoms with van der Waals surface area (Å²) in [5.74, 6) is 1.65. The lowest BCUT2D eigenvalue weighted by atomic mass is 10.1. The van der Waals surface area contributed by atoms with E-state index in [0.29, 0.717) is 37.9 Å². The van der Waals surface area contributed by atoms with Gasteiger partial charge in [-0.3, -0.25) is 0 Å². The van der Waals surface area contributed by atoms with E-state index in [2.05, 4.69) is 10.3 Å². The Hall–Kier alpha value is -2.19. The van der Waals surface area contributed by atoms with Crippen molar-refractivity contribution in [3.05, 3.63) is 36.4 Å². The molecule has 1 aromatic carbocycles. The van der Waals surface area contributed by atoms with Gasteiger partial charge in [0.15, 0.2) is 9.84 Å². The average molecular weight is 391 g/mol. The van der Waals surface area contributed by atoms with Crippen LogP contribution >= 0.6 is 0 Å². The third kappa shape index (κ3) is 4.95. The smallest absolute Gasteiger partial charge is 0.228 e. The van der Waals surface area contributed by atoms with E-state index in [1.54, 1.807) is 7.11 Å². The first kappa shape index (κ1) is 19.6. The van der Waals surface area contributed by atoms with E-state index < -0.39 is 9.84 Å². The summed E-state index contributed by atoms with van der Waals surface area (Å²) in [6.07, 6.45) is 0.613. The normalized spacial score (nSPS) is 18.4. The molecule has 1 atom stereocenters. The van der Waals surface area contributed by atoms with Gasteiger partial charge in [-0.05, 0) is 13.3 Å². The van der Waals surface area contributed by atoms with Crippen molar-refractivity contribution in [2.75, 3.05) is 48.5 Å². The van der Waals surface area contributed by atoms with Crippen molar-refractivity contribution in [2.24, 2.45) is 0 Å². The molecule has 0 saturated carbocycles.